The Balaban J connectivity index is 2.64. The normalized spacial score (nSPS) is 10.9. The van der Waals surface area contributed by atoms with Crippen LogP contribution >= 0.6 is 15.9 Å². The molecule has 0 aromatic carbocycles. The number of rotatable bonds is 7. The van der Waals surface area contributed by atoms with Gasteiger partial charge < -0.3 is 9.30 Å². The van der Waals surface area contributed by atoms with Gasteiger partial charge in [-0.25, -0.2) is 0 Å². The monoisotopic (exact) mass is 275 g/mol. The molecule has 1 aromatic heterocycles. The lowest BCUT2D eigenvalue weighted by atomic mass is 10.4. The Hall–Kier alpha value is -0.420. The van der Waals surface area contributed by atoms with E-state index < -0.39 is 0 Å². The van der Waals surface area contributed by atoms with Crippen LogP contribution < -0.4 is 0 Å². The van der Waals surface area contributed by atoms with Crippen LogP contribution in [0.5, 0.6) is 0 Å². The molecule has 0 unspecified atom stereocenters. The molecule has 0 radical (unpaired) electrons. The van der Waals surface area contributed by atoms with Crippen molar-refractivity contribution in [2.45, 2.75) is 38.6 Å². The van der Waals surface area contributed by atoms with Gasteiger partial charge >= 0.3 is 0 Å². The van der Waals surface area contributed by atoms with Crippen LogP contribution in [0.2, 0.25) is 0 Å². The highest BCUT2D eigenvalue weighted by Gasteiger charge is 2.09. The number of aromatic nitrogens is 3. The largest absolute Gasteiger partial charge is 0.381 e. The van der Waals surface area contributed by atoms with Gasteiger partial charge in [0, 0.05) is 19.6 Å². The lowest BCUT2D eigenvalue weighted by molar-refractivity contribution is 0.148. The molecule has 0 spiro atoms. The maximum atomic E-state index is 5.32. The first kappa shape index (κ1) is 12.6. The predicted octanol–water partition coefficient (Wildman–Crippen LogP) is 2.16. The molecule has 1 heterocycles. The highest BCUT2D eigenvalue weighted by molar-refractivity contribution is 9.08. The second-order valence-corrected chi connectivity index (χ2v) is 3.83. The Morgan fingerprint density at radius 3 is 2.60 bits per heavy atom. The molecule has 0 aliphatic heterocycles. The van der Waals surface area contributed by atoms with Gasteiger partial charge in [0.2, 0.25) is 0 Å². The third kappa shape index (κ3) is 3.57. The summed E-state index contributed by atoms with van der Waals surface area (Å²) in [6, 6.07) is 0. The van der Waals surface area contributed by atoms with Gasteiger partial charge in [0.25, 0.3) is 0 Å². The van der Waals surface area contributed by atoms with Crippen LogP contribution in [-0.4, -0.2) is 28.0 Å². The van der Waals surface area contributed by atoms with Crippen molar-refractivity contribution in [3.05, 3.63) is 11.6 Å². The molecule has 0 aliphatic carbocycles. The number of ether oxygens (including phenoxy) is 1. The predicted molar refractivity (Wildman–Crippen MR) is 63.1 cm³/mol. The Kier molecular flexibility index (Phi) is 5.86. The van der Waals surface area contributed by atoms with Gasteiger partial charge in [0.05, 0.1) is 11.9 Å². The molecule has 4 nitrogen and oxygen atoms in total. The van der Waals surface area contributed by atoms with E-state index in [0.29, 0.717) is 0 Å². The van der Waals surface area contributed by atoms with E-state index in [1.807, 2.05) is 6.92 Å². The van der Waals surface area contributed by atoms with Crippen molar-refractivity contribution in [1.82, 2.24) is 14.8 Å². The number of hydrogen-bond donors (Lipinski definition) is 0. The first-order chi connectivity index (χ1) is 7.33. The van der Waals surface area contributed by atoms with Crippen LogP contribution in [0.4, 0.5) is 0 Å². The molecule has 0 saturated carbocycles. The third-order valence-corrected chi connectivity index (χ3v) is 2.65. The van der Waals surface area contributed by atoms with Gasteiger partial charge in [-0.1, -0.05) is 22.9 Å². The average Bonchev–Trinajstić information content (AvgIpc) is 2.62. The number of halogens is 1. The van der Waals surface area contributed by atoms with Crippen molar-refractivity contribution in [3.8, 4) is 0 Å². The lowest BCUT2D eigenvalue weighted by Gasteiger charge is -2.07. The molecule has 0 amide bonds. The molecule has 0 N–H and O–H groups in total. The minimum Gasteiger partial charge on any atom is -0.381 e. The van der Waals surface area contributed by atoms with Gasteiger partial charge in [0.15, 0.2) is 0 Å². The number of hydrogen-bond acceptors (Lipinski definition) is 3. The molecular formula is C10H18BrN3O. The highest BCUT2D eigenvalue weighted by atomic mass is 79.9. The van der Waals surface area contributed by atoms with E-state index in [9.17, 15) is 0 Å². The van der Waals surface area contributed by atoms with Crippen LogP contribution in [0.3, 0.4) is 0 Å². The highest BCUT2D eigenvalue weighted by Crippen LogP contribution is 2.08. The zero-order chi connectivity index (χ0) is 11.1. The molecule has 0 fully saturated rings. The van der Waals surface area contributed by atoms with Crippen molar-refractivity contribution in [1.29, 1.82) is 0 Å². The topological polar surface area (TPSA) is 39.9 Å². The second-order valence-electron chi connectivity index (χ2n) is 3.26. The molecule has 86 valence electrons. The van der Waals surface area contributed by atoms with Crippen molar-refractivity contribution in [3.63, 3.8) is 0 Å². The molecule has 0 aliphatic rings. The van der Waals surface area contributed by atoms with E-state index in [1.165, 1.54) is 0 Å². The molecule has 0 saturated heterocycles. The van der Waals surface area contributed by atoms with Crippen LogP contribution in [0.15, 0.2) is 0 Å². The maximum absolute atomic E-state index is 5.32. The van der Waals surface area contributed by atoms with Crippen LogP contribution in [-0.2, 0) is 23.0 Å². The van der Waals surface area contributed by atoms with E-state index >= 15 is 0 Å². The summed E-state index contributed by atoms with van der Waals surface area (Å²) in [7, 11) is 0. The van der Waals surface area contributed by atoms with Gasteiger partial charge in [-0.05, 0) is 13.3 Å². The third-order valence-electron chi connectivity index (χ3n) is 2.14. The minimum absolute atomic E-state index is 0.723. The Bertz CT molecular complexity index is 288. The van der Waals surface area contributed by atoms with Crippen LogP contribution in [0.25, 0.3) is 0 Å². The minimum atomic E-state index is 0.723. The van der Waals surface area contributed by atoms with Gasteiger partial charge in [0.1, 0.15) is 11.6 Å². The second kappa shape index (κ2) is 6.95. The van der Waals surface area contributed by atoms with Crippen molar-refractivity contribution < 1.29 is 4.74 Å². The Morgan fingerprint density at radius 1 is 1.27 bits per heavy atom. The zero-order valence-electron chi connectivity index (χ0n) is 9.37. The number of alkyl halides is 1. The van der Waals surface area contributed by atoms with E-state index in [4.69, 9.17) is 4.74 Å². The van der Waals surface area contributed by atoms with Gasteiger partial charge in [-0.15, -0.1) is 10.2 Å². The molecule has 15 heavy (non-hydrogen) atoms. The number of nitrogens with zero attached hydrogens (tertiary/aromatic N) is 3. The van der Waals surface area contributed by atoms with E-state index in [2.05, 4.69) is 37.6 Å². The van der Waals surface area contributed by atoms with Gasteiger partial charge in [-0.2, -0.15) is 0 Å². The zero-order valence-corrected chi connectivity index (χ0v) is 11.0. The SMILES string of the molecule is CCCn1c(CBr)nnc1CCOCC. The Morgan fingerprint density at radius 2 is 2.00 bits per heavy atom. The fourth-order valence-corrected chi connectivity index (χ4v) is 1.86. The molecular weight excluding hydrogens is 258 g/mol. The van der Waals surface area contributed by atoms with E-state index in [1.54, 1.807) is 0 Å². The smallest absolute Gasteiger partial charge is 0.143 e. The van der Waals surface area contributed by atoms with Crippen LogP contribution in [0.1, 0.15) is 31.9 Å². The Labute approximate surface area is 99.2 Å². The first-order valence-electron chi connectivity index (χ1n) is 5.38. The van der Waals surface area contributed by atoms with E-state index in [-0.39, 0.29) is 0 Å². The lowest BCUT2D eigenvalue weighted by Crippen LogP contribution is -2.09. The molecule has 0 atom stereocenters. The summed E-state index contributed by atoms with van der Waals surface area (Å²) in [4.78, 5) is 0. The molecule has 1 aromatic rings. The van der Waals surface area contributed by atoms with Gasteiger partial charge in [-0.3, -0.25) is 0 Å². The summed E-state index contributed by atoms with van der Waals surface area (Å²) in [5.74, 6) is 2.03. The van der Waals surface area contributed by atoms with Crippen molar-refractivity contribution in [2.24, 2.45) is 0 Å². The van der Waals surface area contributed by atoms with Crippen molar-refractivity contribution >= 4 is 15.9 Å². The first-order valence-corrected chi connectivity index (χ1v) is 6.50. The summed E-state index contributed by atoms with van der Waals surface area (Å²) in [5.41, 5.74) is 0. The summed E-state index contributed by atoms with van der Waals surface area (Å²) in [6.45, 7) is 6.62. The fourth-order valence-electron chi connectivity index (χ4n) is 1.45. The summed E-state index contributed by atoms with van der Waals surface area (Å²) < 4.78 is 7.50. The fraction of sp³-hybridized carbons (Fsp3) is 0.800. The molecule has 5 heteroatoms. The molecule has 0 bridgehead atoms. The average molecular weight is 276 g/mol. The summed E-state index contributed by atoms with van der Waals surface area (Å²) in [5, 5.41) is 9.08. The van der Waals surface area contributed by atoms with E-state index in [0.717, 1.165) is 49.6 Å². The summed E-state index contributed by atoms with van der Waals surface area (Å²) in [6.07, 6.45) is 1.94. The molecule has 1 rings (SSSR count). The maximum Gasteiger partial charge on any atom is 0.143 e. The van der Waals surface area contributed by atoms with Crippen LogP contribution in [0, 0.1) is 0 Å². The summed E-state index contributed by atoms with van der Waals surface area (Å²) >= 11 is 3.42. The van der Waals surface area contributed by atoms with Crippen molar-refractivity contribution in [2.75, 3.05) is 13.2 Å². The quantitative estimate of drug-likeness (QED) is 0.566. The standard InChI is InChI=1S/C10H18BrN3O/c1-3-6-14-9(5-7-15-4-2)12-13-10(14)8-11/h3-8H2,1-2H3.